The van der Waals surface area contributed by atoms with Crippen LogP contribution in [0.4, 0.5) is 17.6 Å². The third kappa shape index (κ3) is 4.00. The van der Waals surface area contributed by atoms with Gasteiger partial charge in [0.15, 0.2) is 11.6 Å². The summed E-state index contributed by atoms with van der Waals surface area (Å²) in [4.78, 5) is 17.4. The van der Waals surface area contributed by atoms with E-state index in [9.17, 15) is 5.11 Å². The highest BCUT2D eigenvalue weighted by Gasteiger charge is 2.19. The van der Waals surface area contributed by atoms with Crippen molar-refractivity contribution in [3.63, 3.8) is 0 Å². The largest absolute Gasteiger partial charge is 0.394 e. The van der Waals surface area contributed by atoms with Crippen LogP contribution in [0.1, 0.15) is 17.8 Å². The van der Waals surface area contributed by atoms with Crippen LogP contribution in [0.25, 0.3) is 17.2 Å². The first-order valence-corrected chi connectivity index (χ1v) is 9.08. The number of aromatic amines is 1. The molecule has 0 saturated heterocycles. The number of nitrogen functional groups attached to an aromatic ring is 1. The molecule has 0 radical (unpaired) electrons. The Labute approximate surface area is 165 Å². The average molecular weight is 395 g/mol. The Kier molecular flexibility index (Phi) is 5.06. The second-order valence-electron chi connectivity index (χ2n) is 6.61. The molecule has 150 valence electrons. The Balaban J connectivity index is 1.82. The van der Waals surface area contributed by atoms with Crippen LogP contribution in [0.3, 0.4) is 0 Å². The molecule has 4 rings (SSSR count). The lowest BCUT2D eigenvalue weighted by atomic mass is 10.1. The number of nitrogens with zero attached hydrogens (tertiary/aromatic N) is 6. The van der Waals surface area contributed by atoms with E-state index in [2.05, 4.69) is 35.5 Å². The number of aliphatic hydroxyl groups is 2. The van der Waals surface area contributed by atoms with Gasteiger partial charge in [-0.25, -0.2) is 9.97 Å². The zero-order valence-corrected chi connectivity index (χ0v) is 15.7. The molecule has 0 aliphatic carbocycles. The minimum absolute atomic E-state index is 0.122. The number of pyridine rings is 1. The molecule has 4 aromatic heterocycles. The first-order valence-electron chi connectivity index (χ1n) is 9.08. The van der Waals surface area contributed by atoms with Crippen molar-refractivity contribution in [3.05, 3.63) is 42.0 Å². The number of aliphatic hydroxyl groups excluding tert-OH is 2. The first-order chi connectivity index (χ1) is 14.0. The molecule has 0 amide bonds. The van der Waals surface area contributed by atoms with Crippen LogP contribution in [0.5, 0.6) is 0 Å². The Morgan fingerprint density at radius 3 is 2.79 bits per heavy atom. The standard InChI is InChI=1S/C18H21N9O2/c1-10-21-16(25-18(19)22-10)15-17(23-13-6-7-20-26-13)24-14-5-3-11(8-27(14)15)2-4-12(29)9-28/h3,5-8,12,28-29H,2,4,9H2,1H3,(H2,20,23,26)(H2,19,21,22,25). The molecule has 1 atom stereocenters. The number of anilines is 3. The molecule has 6 N–H and O–H groups in total. The van der Waals surface area contributed by atoms with Crippen molar-refractivity contribution in [2.45, 2.75) is 25.9 Å². The number of fused-ring (bicyclic) bond motifs is 1. The lowest BCUT2D eigenvalue weighted by Gasteiger charge is -2.09. The van der Waals surface area contributed by atoms with Gasteiger partial charge in [0.1, 0.15) is 23.0 Å². The molecule has 0 aliphatic rings. The summed E-state index contributed by atoms with van der Waals surface area (Å²) in [6.07, 6.45) is 3.83. The number of rotatable bonds is 7. The molecule has 29 heavy (non-hydrogen) atoms. The summed E-state index contributed by atoms with van der Waals surface area (Å²) in [5, 5.41) is 28.7. The highest BCUT2D eigenvalue weighted by atomic mass is 16.3. The lowest BCUT2D eigenvalue weighted by molar-refractivity contribution is 0.0885. The topological polar surface area (TPSA) is 163 Å². The molecule has 0 bridgehead atoms. The van der Waals surface area contributed by atoms with E-state index in [0.717, 1.165) is 5.56 Å². The van der Waals surface area contributed by atoms with Gasteiger partial charge in [-0.2, -0.15) is 15.1 Å². The summed E-state index contributed by atoms with van der Waals surface area (Å²) >= 11 is 0. The van der Waals surface area contributed by atoms with Gasteiger partial charge in [-0.3, -0.25) is 9.50 Å². The number of hydrogen-bond acceptors (Lipinski definition) is 9. The van der Waals surface area contributed by atoms with Crippen molar-refractivity contribution in [2.75, 3.05) is 17.7 Å². The van der Waals surface area contributed by atoms with Crippen LogP contribution >= 0.6 is 0 Å². The zero-order valence-electron chi connectivity index (χ0n) is 15.7. The maximum Gasteiger partial charge on any atom is 0.223 e. The van der Waals surface area contributed by atoms with Crippen LogP contribution < -0.4 is 11.1 Å². The van der Waals surface area contributed by atoms with Crippen LogP contribution in [0, 0.1) is 6.92 Å². The van der Waals surface area contributed by atoms with E-state index in [1.807, 2.05) is 22.7 Å². The minimum atomic E-state index is -0.753. The van der Waals surface area contributed by atoms with Gasteiger partial charge in [0.25, 0.3) is 0 Å². The van der Waals surface area contributed by atoms with E-state index in [0.29, 0.717) is 47.5 Å². The highest BCUT2D eigenvalue weighted by molar-refractivity contribution is 5.76. The molecule has 1 unspecified atom stereocenters. The molecule has 0 fully saturated rings. The van der Waals surface area contributed by atoms with Crippen LogP contribution in [-0.4, -0.2) is 57.5 Å². The molecule has 0 saturated carbocycles. The van der Waals surface area contributed by atoms with Crippen molar-refractivity contribution >= 4 is 23.2 Å². The molecule has 0 aliphatic heterocycles. The molecule has 11 nitrogen and oxygen atoms in total. The van der Waals surface area contributed by atoms with Crippen LogP contribution in [0.2, 0.25) is 0 Å². The van der Waals surface area contributed by atoms with Crippen molar-refractivity contribution < 1.29 is 10.2 Å². The van der Waals surface area contributed by atoms with E-state index in [1.54, 1.807) is 19.2 Å². The number of imidazole rings is 1. The first kappa shape index (κ1) is 18.8. The lowest BCUT2D eigenvalue weighted by Crippen LogP contribution is -2.12. The summed E-state index contributed by atoms with van der Waals surface area (Å²) in [7, 11) is 0. The number of aryl methyl sites for hydroxylation is 2. The molecule has 11 heteroatoms. The maximum atomic E-state index is 9.64. The van der Waals surface area contributed by atoms with E-state index in [-0.39, 0.29) is 12.6 Å². The number of H-pyrrole nitrogens is 1. The molecule has 4 aromatic rings. The number of hydrogen-bond donors (Lipinski definition) is 5. The van der Waals surface area contributed by atoms with Gasteiger partial charge in [-0.15, -0.1) is 0 Å². The number of nitrogens with two attached hydrogens (primary N) is 1. The van der Waals surface area contributed by atoms with Crippen LogP contribution in [0.15, 0.2) is 30.6 Å². The van der Waals surface area contributed by atoms with Gasteiger partial charge in [-0.05, 0) is 31.4 Å². The minimum Gasteiger partial charge on any atom is -0.394 e. The summed E-state index contributed by atoms with van der Waals surface area (Å²) in [6, 6.07) is 5.59. The summed E-state index contributed by atoms with van der Waals surface area (Å²) in [5.74, 6) is 2.21. The van der Waals surface area contributed by atoms with Gasteiger partial charge >= 0.3 is 0 Å². The summed E-state index contributed by atoms with van der Waals surface area (Å²) in [6.45, 7) is 1.48. The van der Waals surface area contributed by atoms with Crippen molar-refractivity contribution in [1.29, 1.82) is 0 Å². The fourth-order valence-corrected chi connectivity index (χ4v) is 3.02. The van der Waals surface area contributed by atoms with E-state index < -0.39 is 6.10 Å². The van der Waals surface area contributed by atoms with Crippen molar-refractivity contribution in [3.8, 4) is 11.5 Å². The fraction of sp³-hybridized carbons (Fsp3) is 0.278. The van der Waals surface area contributed by atoms with E-state index in [1.165, 1.54) is 0 Å². The van der Waals surface area contributed by atoms with Crippen LogP contribution in [-0.2, 0) is 6.42 Å². The Morgan fingerprint density at radius 2 is 2.07 bits per heavy atom. The zero-order chi connectivity index (χ0) is 20.4. The second-order valence-corrected chi connectivity index (χ2v) is 6.61. The number of nitrogens with one attached hydrogen (secondary N) is 2. The summed E-state index contributed by atoms with van der Waals surface area (Å²) < 4.78 is 1.87. The molecular weight excluding hydrogens is 374 g/mol. The average Bonchev–Trinajstić information content (AvgIpc) is 3.32. The third-order valence-electron chi connectivity index (χ3n) is 4.39. The quantitative estimate of drug-likeness (QED) is 0.305. The third-order valence-corrected chi connectivity index (χ3v) is 4.39. The summed E-state index contributed by atoms with van der Waals surface area (Å²) in [5.41, 5.74) is 8.12. The van der Waals surface area contributed by atoms with Gasteiger partial charge in [0, 0.05) is 12.3 Å². The van der Waals surface area contributed by atoms with E-state index >= 15 is 0 Å². The molecule has 4 heterocycles. The Hall–Kier alpha value is -3.57. The Morgan fingerprint density at radius 1 is 1.21 bits per heavy atom. The Bertz CT molecular complexity index is 1100. The second kappa shape index (κ2) is 7.81. The van der Waals surface area contributed by atoms with Gasteiger partial charge in [0.05, 0.1) is 18.9 Å². The smallest absolute Gasteiger partial charge is 0.223 e. The fourth-order valence-electron chi connectivity index (χ4n) is 3.02. The molecule has 0 spiro atoms. The number of aromatic nitrogens is 7. The molecular formula is C18H21N9O2. The predicted octanol–water partition coefficient (Wildman–Crippen LogP) is 0.829. The van der Waals surface area contributed by atoms with Gasteiger partial charge in [0.2, 0.25) is 5.95 Å². The van der Waals surface area contributed by atoms with Gasteiger partial charge < -0.3 is 21.3 Å². The van der Waals surface area contributed by atoms with Gasteiger partial charge in [-0.1, -0.05) is 6.07 Å². The van der Waals surface area contributed by atoms with Crippen molar-refractivity contribution in [1.82, 2.24) is 34.5 Å². The van der Waals surface area contributed by atoms with Crippen molar-refractivity contribution in [2.24, 2.45) is 0 Å². The predicted molar refractivity (Wildman–Crippen MR) is 106 cm³/mol. The normalized spacial score (nSPS) is 12.4. The maximum absolute atomic E-state index is 9.64. The van der Waals surface area contributed by atoms with E-state index in [4.69, 9.17) is 10.8 Å². The monoisotopic (exact) mass is 395 g/mol. The highest BCUT2D eigenvalue weighted by Crippen LogP contribution is 2.29. The SMILES string of the molecule is Cc1nc(N)nc(-c2c(Nc3ccn[nH]3)nc3ccc(CCC(O)CO)cn23)n1. The molecule has 0 aromatic carbocycles.